The molecule has 0 unspecified atom stereocenters. The van der Waals surface area contributed by atoms with Crippen LogP contribution in [0.15, 0.2) is 35.3 Å². The Kier molecular flexibility index (Phi) is 7.65. The quantitative estimate of drug-likeness (QED) is 0.360. The van der Waals surface area contributed by atoms with Gasteiger partial charge in [-0.3, -0.25) is 4.79 Å². The first-order valence-electron chi connectivity index (χ1n) is 9.62. The van der Waals surface area contributed by atoms with E-state index in [1.54, 1.807) is 14.2 Å². The second-order valence-electron chi connectivity index (χ2n) is 7.12. The van der Waals surface area contributed by atoms with Crippen molar-refractivity contribution in [3.63, 3.8) is 0 Å². The van der Waals surface area contributed by atoms with Crippen LogP contribution in [0, 0.1) is 13.8 Å². The lowest BCUT2D eigenvalue weighted by molar-refractivity contribution is 0.0999. The summed E-state index contributed by atoms with van der Waals surface area (Å²) in [4.78, 5) is 21.4. The number of benzene rings is 2. The molecule has 0 aliphatic rings. The molecule has 6 nitrogen and oxygen atoms in total. The topological polar surface area (TPSA) is 54.4 Å². The largest absolute Gasteiger partial charge is 0.497 e. The first-order chi connectivity index (χ1) is 13.8. The molecule has 0 radical (unpaired) electrons. The van der Waals surface area contributed by atoms with Gasteiger partial charge in [-0.1, -0.05) is 0 Å². The lowest BCUT2D eigenvalue weighted by atomic mass is 10.00. The van der Waals surface area contributed by atoms with Gasteiger partial charge in [0.1, 0.15) is 11.5 Å². The van der Waals surface area contributed by atoms with Gasteiger partial charge in [-0.2, -0.15) is 0 Å². The molecular formula is C23H31N3O3. The van der Waals surface area contributed by atoms with Crippen LogP contribution in [0.2, 0.25) is 0 Å². The van der Waals surface area contributed by atoms with Crippen LogP contribution in [-0.2, 0) is 0 Å². The Morgan fingerprint density at radius 2 is 1.62 bits per heavy atom. The van der Waals surface area contributed by atoms with Gasteiger partial charge in [0.15, 0.2) is 5.78 Å². The number of ketones is 1. The highest BCUT2D eigenvalue weighted by atomic mass is 16.5. The molecule has 2 aromatic carbocycles. The maximum absolute atomic E-state index is 13.0. The Bertz CT molecular complexity index is 871. The van der Waals surface area contributed by atoms with E-state index in [-0.39, 0.29) is 12.3 Å². The monoisotopic (exact) mass is 397 g/mol. The number of Topliss-reactive ketones (excluding diaryl/α,β-unsaturated/α-hetero) is 1. The van der Waals surface area contributed by atoms with E-state index in [9.17, 15) is 4.79 Å². The maximum atomic E-state index is 13.0. The average Bonchev–Trinajstić information content (AvgIpc) is 2.72. The third kappa shape index (κ3) is 5.73. The van der Waals surface area contributed by atoms with Gasteiger partial charge in [0.2, 0.25) is 0 Å². The first-order valence-corrected chi connectivity index (χ1v) is 9.62. The van der Waals surface area contributed by atoms with Gasteiger partial charge >= 0.3 is 0 Å². The van der Waals surface area contributed by atoms with Crippen LogP contribution in [-0.4, -0.2) is 58.4 Å². The molecule has 0 atom stereocenters. The van der Waals surface area contributed by atoms with E-state index in [0.717, 1.165) is 29.0 Å². The molecule has 2 aromatic rings. The van der Waals surface area contributed by atoms with Crippen LogP contribution in [0.4, 0.5) is 11.4 Å². The predicted molar refractivity (Wildman–Crippen MR) is 120 cm³/mol. The summed E-state index contributed by atoms with van der Waals surface area (Å²) in [5.74, 6) is 1.42. The van der Waals surface area contributed by atoms with Gasteiger partial charge in [0.25, 0.3) is 0 Å². The number of aryl methyl sites for hydroxylation is 2. The van der Waals surface area contributed by atoms with E-state index < -0.39 is 0 Å². The van der Waals surface area contributed by atoms with Crippen LogP contribution in [0.1, 0.15) is 28.4 Å². The van der Waals surface area contributed by atoms with Crippen molar-refractivity contribution in [2.45, 2.75) is 20.8 Å². The fourth-order valence-electron chi connectivity index (χ4n) is 2.89. The van der Waals surface area contributed by atoms with Crippen molar-refractivity contribution in [1.29, 1.82) is 0 Å². The second kappa shape index (κ2) is 9.96. The van der Waals surface area contributed by atoms with Crippen molar-refractivity contribution in [3.05, 3.63) is 47.0 Å². The summed E-state index contributed by atoms with van der Waals surface area (Å²) in [5, 5.41) is 0. The zero-order valence-corrected chi connectivity index (χ0v) is 18.4. The minimum Gasteiger partial charge on any atom is -0.497 e. The third-order valence-electron chi connectivity index (χ3n) is 4.89. The maximum Gasteiger partial charge on any atom is 0.182 e. The van der Waals surface area contributed by atoms with Gasteiger partial charge in [0.05, 0.1) is 32.8 Å². The highest BCUT2D eigenvalue weighted by Gasteiger charge is 2.15. The molecule has 0 heterocycles. The Balaban J connectivity index is 2.22. The molecule has 0 aliphatic carbocycles. The van der Waals surface area contributed by atoms with Gasteiger partial charge in [-0.25, -0.2) is 4.99 Å². The Morgan fingerprint density at radius 1 is 1.00 bits per heavy atom. The summed E-state index contributed by atoms with van der Waals surface area (Å²) in [6, 6.07) is 9.47. The van der Waals surface area contributed by atoms with Crippen molar-refractivity contribution >= 4 is 23.5 Å². The van der Waals surface area contributed by atoms with Crippen molar-refractivity contribution in [3.8, 4) is 11.5 Å². The number of methoxy groups -OCH3 is 2. The number of ether oxygens (including phenoxy) is 2. The highest BCUT2D eigenvalue weighted by molar-refractivity contribution is 6.01. The van der Waals surface area contributed by atoms with E-state index >= 15 is 0 Å². The van der Waals surface area contributed by atoms with E-state index in [4.69, 9.17) is 9.47 Å². The molecule has 29 heavy (non-hydrogen) atoms. The number of hydrogen-bond donors (Lipinski definition) is 0. The number of nitrogens with zero attached hydrogens (tertiary/aromatic N) is 3. The molecule has 2 rings (SSSR count). The molecule has 0 aliphatic heterocycles. The van der Waals surface area contributed by atoms with Gasteiger partial charge in [-0.05, 0) is 44.0 Å². The highest BCUT2D eigenvalue weighted by Crippen LogP contribution is 2.28. The van der Waals surface area contributed by atoms with Gasteiger partial charge in [-0.15, -0.1) is 0 Å². The predicted octanol–water partition coefficient (Wildman–Crippen LogP) is 4.25. The molecule has 6 heteroatoms. The molecule has 0 saturated heterocycles. The first kappa shape index (κ1) is 22.3. The summed E-state index contributed by atoms with van der Waals surface area (Å²) in [6.45, 7) is 7.13. The van der Waals surface area contributed by atoms with E-state index in [2.05, 4.69) is 11.9 Å². The summed E-state index contributed by atoms with van der Waals surface area (Å²) < 4.78 is 10.6. The summed E-state index contributed by atoms with van der Waals surface area (Å²) >= 11 is 0. The van der Waals surface area contributed by atoms with Crippen molar-refractivity contribution in [2.75, 3.05) is 46.3 Å². The molecule has 0 bridgehead atoms. The smallest absolute Gasteiger partial charge is 0.182 e. The summed E-state index contributed by atoms with van der Waals surface area (Å²) in [5.41, 5.74) is 4.35. The zero-order chi connectivity index (χ0) is 21.6. The number of hydrogen-bond acceptors (Lipinski definition) is 5. The molecule has 0 amide bonds. The normalized spacial score (nSPS) is 10.9. The summed E-state index contributed by atoms with van der Waals surface area (Å²) in [7, 11) is 7.08. The lowest BCUT2D eigenvalue weighted by Gasteiger charge is -2.21. The number of aliphatic imine (C=N–C) groups is 1. The molecule has 0 N–H and O–H groups in total. The molecule has 0 fully saturated rings. The van der Waals surface area contributed by atoms with Crippen LogP contribution >= 0.6 is 0 Å². The third-order valence-corrected chi connectivity index (χ3v) is 4.89. The Labute approximate surface area is 173 Å². The van der Waals surface area contributed by atoms with E-state index in [1.807, 2.05) is 74.4 Å². The van der Waals surface area contributed by atoms with E-state index in [0.29, 0.717) is 17.1 Å². The van der Waals surface area contributed by atoms with E-state index in [1.165, 1.54) is 0 Å². The van der Waals surface area contributed by atoms with Gasteiger partial charge < -0.3 is 19.3 Å². The Hall–Kier alpha value is -3.02. The fraction of sp³-hybridized carbons (Fsp3) is 0.391. The van der Waals surface area contributed by atoms with Crippen LogP contribution in [0.25, 0.3) is 0 Å². The second-order valence-corrected chi connectivity index (χ2v) is 7.12. The lowest BCUT2D eigenvalue weighted by Crippen LogP contribution is -2.26. The minimum absolute atomic E-state index is 0.0519. The minimum atomic E-state index is 0.0519. The molecule has 156 valence electrons. The average molecular weight is 398 g/mol. The fourth-order valence-corrected chi connectivity index (χ4v) is 2.89. The Morgan fingerprint density at radius 3 is 2.17 bits per heavy atom. The SMILES string of the molecule is CCN(C)/C=N\c1cc(C)c(C(=O)CN(C)c2cc(OC)cc(OC)c2)cc1C. The van der Waals surface area contributed by atoms with Crippen LogP contribution in [0.5, 0.6) is 11.5 Å². The number of anilines is 1. The summed E-state index contributed by atoms with van der Waals surface area (Å²) in [6.07, 6.45) is 1.81. The number of likely N-dealkylation sites (N-methyl/N-ethyl adjacent to an activating group) is 1. The molecule has 0 saturated carbocycles. The number of carbonyl (C=O) groups is 1. The number of carbonyl (C=O) groups excluding carboxylic acids is 1. The van der Waals surface area contributed by atoms with Gasteiger partial charge in [0, 0.05) is 50.1 Å². The van der Waals surface area contributed by atoms with Crippen molar-refractivity contribution < 1.29 is 14.3 Å². The van der Waals surface area contributed by atoms with Crippen molar-refractivity contribution in [2.24, 2.45) is 4.99 Å². The van der Waals surface area contributed by atoms with Crippen molar-refractivity contribution in [1.82, 2.24) is 4.90 Å². The molecule has 0 spiro atoms. The number of rotatable bonds is 9. The van der Waals surface area contributed by atoms with Crippen LogP contribution < -0.4 is 14.4 Å². The molecule has 0 aromatic heterocycles. The zero-order valence-electron chi connectivity index (χ0n) is 18.4. The standard InChI is InChI=1S/C23H31N3O3/c1-8-25(4)15-24-22-10-16(2)21(9-17(22)3)23(27)14-26(5)18-11-19(28-6)13-20(12-18)29-7/h9-13,15H,8,14H2,1-7H3/b24-15-. The van der Waals surface area contributed by atoms with Crippen LogP contribution in [0.3, 0.4) is 0 Å². The molecular weight excluding hydrogens is 366 g/mol.